The van der Waals surface area contributed by atoms with Crippen molar-refractivity contribution in [3.05, 3.63) is 28.2 Å². The van der Waals surface area contributed by atoms with Crippen LogP contribution in [0.1, 0.15) is 37.7 Å². The van der Waals surface area contributed by atoms with E-state index >= 15 is 0 Å². The van der Waals surface area contributed by atoms with Crippen molar-refractivity contribution in [2.45, 2.75) is 45.1 Å². The number of anilines is 1. The van der Waals surface area contributed by atoms with Crippen molar-refractivity contribution >= 4 is 21.6 Å². The largest absolute Gasteiger partial charge is 0.382 e. The second-order valence-corrected chi connectivity index (χ2v) is 5.30. The highest BCUT2D eigenvalue weighted by atomic mass is 79.9. The van der Waals surface area contributed by atoms with Gasteiger partial charge in [0.15, 0.2) is 0 Å². The SMILES string of the molecule is Cc1ccc(NC2CCCCC2)cc1Br. The van der Waals surface area contributed by atoms with Gasteiger partial charge in [0.1, 0.15) is 0 Å². The van der Waals surface area contributed by atoms with Gasteiger partial charge in [-0.25, -0.2) is 0 Å². The molecule has 1 aliphatic rings. The Morgan fingerprint density at radius 2 is 1.93 bits per heavy atom. The summed E-state index contributed by atoms with van der Waals surface area (Å²) in [6, 6.07) is 7.21. The highest BCUT2D eigenvalue weighted by Crippen LogP contribution is 2.25. The zero-order valence-corrected chi connectivity index (χ0v) is 10.8. The van der Waals surface area contributed by atoms with Crippen LogP contribution in [-0.2, 0) is 0 Å². The molecule has 1 nitrogen and oxygen atoms in total. The first-order chi connectivity index (χ1) is 7.25. The van der Waals surface area contributed by atoms with Gasteiger partial charge in [-0.05, 0) is 37.5 Å². The number of hydrogen-bond acceptors (Lipinski definition) is 1. The van der Waals surface area contributed by atoms with Crippen LogP contribution in [-0.4, -0.2) is 6.04 Å². The minimum Gasteiger partial charge on any atom is -0.382 e. The average Bonchev–Trinajstić information content (AvgIpc) is 2.25. The van der Waals surface area contributed by atoms with Crippen molar-refractivity contribution in [3.8, 4) is 0 Å². The molecule has 82 valence electrons. The van der Waals surface area contributed by atoms with Crippen molar-refractivity contribution < 1.29 is 0 Å². The van der Waals surface area contributed by atoms with Gasteiger partial charge in [0.25, 0.3) is 0 Å². The number of aryl methyl sites for hydroxylation is 1. The highest BCUT2D eigenvalue weighted by molar-refractivity contribution is 9.10. The first kappa shape index (κ1) is 11.0. The molecule has 0 spiro atoms. The zero-order valence-electron chi connectivity index (χ0n) is 9.22. The van der Waals surface area contributed by atoms with E-state index in [0.29, 0.717) is 6.04 Å². The lowest BCUT2D eigenvalue weighted by molar-refractivity contribution is 0.463. The second kappa shape index (κ2) is 5.02. The van der Waals surface area contributed by atoms with Gasteiger partial charge in [-0.3, -0.25) is 0 Å². The van der Waals surface area contributed by atoms with Crippen molar-refractivity contribution in [2.24, 2.45) is 0 Å². The van der Waals surface area contributed by atoms with Crippen LogP contribution >= 0.6 is 15.9 Å². The molecule has 0 amide bonds. The van der Waals surface area contributed by atoms with Crippen molar-refractivity contribution in [3.63, 3.8) is 0 Å². The first-order valence-electron chi connectivity index (χ1n) is 5.78. The lowest BCUT2D eigenvalue weighted by Gasteiger charge is -2.24. The molecular weight excluding hydrogens is 250 g/mol. The predicted molar refractivity (Wildman–Crippen MR) is 69.4 cm³/mol. The highest BCUT2D eigenvalue weighted by Gasteiger charge is 2.12. The van der Waals surface area contributed by atoms with Crippen LogP contribution in [0.4, 0.5) is 5.69 Å². The number of halogens is 1. The summed E-state index contributed by atoms with van der Waals surface area (Å²) in [7, 11) is 0. The predicted octanol–water partition coefficient (Wildman–Crippen LogP) is 4.50. The minimum absolute atomic E-state index is 0.688. The van der Waals surface area contributed by atoms with Crippen molar-refractivity contribution in [1.29, 1.82) is 0 Å². The molecular formula is C13H18BrN. The number of hydrogen-bond donors (Lipinski definition) is 1. The van der Waals surface area contributed by atoms with Gasteiger partial charge in [0, 0.05) is 16.2 Å². The van der Waals surface area contributed by atoms with Crippen LogP contribution in [0.2, 0.25) is 0 Å². The van der Waals surface area contributed by atoms with E-state index in [9.17, 15) is 0 Å². The maximum absolute atomic E-state index is 3.62. The van der Waals surface area contributed by atoms with Crippen molar-refractivity contribution in [1.82, 2.24) is 0 Å². The van der Waals surface area contributed by atoms with Crippen LogP contribution in [0.5, 0.6) is 0 Å². The zero-order chi connectivity index (χ0) is 10.7. The Bertz CT molecular complexity index is 329. The van der Waals surface area contributed by atoms with Crippen LogP contribution in [0, 0.1) is 6.92 Å². The lowest BCUT2D eigenvalue weighted by atomic mass is 9.95. The summed E-state index contributed by atoms with van der Waals surface area (Å²) in [4.78, 5) is 0. The van der Waals surface area contributed by atoms with E-state index in [1.807, 2.05) is 0 Å². The Morgan fingerprint density at radius 1 is 1.20 bits per heavy atom. The summed E-state index contributed by atoms with van der Waals surface area (Å²) >= 11 is 3.57. The third-order valence-corrected chi connectivity index (χ3v) is 4.00. The molecule has 1 N–H and O–H groups in total. The molecule has 1 fully saturated rings. The third kappa shape index (κ3) is 2.97. The number of nitrogens with one attached hydrogen (secondary N) is 1. The molecule has 1 aromatic rings. The summed E-state index contributed by atoms with van der Waals surface area (Å²) in [6.45, 7) is 2.12. The molecule has 1 aromatic carbocycles. The Labute approximate surface area is 100 Å². The molecule has 1 saturated carbocycles. The van der Waals surface area contributed by atoms with E-state index in [2.05, 4.69) is 46.4 Å². The molecule has 0 radical (unpaired) electrons. The fourth-order valence-corrected chi connectivity index (χ4v) is 2.54. The number of rotatable bonds is 2. The monoisotopic (exact) mass is 267 g/mol. The van der Waals surface area contributed by atoms with Crippen LogP contribution < -0.4 is 5.32 Å². The van der Waals surface area contributed by atoms with Crippen molar-refractivity contribution in [2.75, 3.05) is 5.32 Å². The Balaban J connectivity index is 2.00. The fourth-order valence-electron chi connectivity index (χ4n) is 2.17. The maximum atomic E-state index is 3.62. The Hall–Kier alpha value is -0.500. The lowest BCUT2D eigenvalue weighted by Crippen LogP contribution is -2.22. The molecule has 2 rings (SSSR count). The molecule has 2 heteroatoms. The Morgan fingerprint density at radius 3 is 2.60 bits per heavy atom. The summed E-state index contributed by atoms with van der Waals surface area (Å²) in [5, 5.41) is 3.62. The van der Waals surface area contributed by atoms with E-state index in [1.165, 1.54) is 47.8 Å². The molecule has 0 unspecified atom stereocenters. The van der Waals surface area contributed by atoms with E-state index in [4.69, 9.17) is 0 Å². The topological polar surface area (TPSA) is 12.0 Å². The molecule has 0 saturated heterocycles. The fraction of sp³-hybridized carbons (Fsp3) is 0.538. The summed E-state index contributed by atoms with van der Waals surface area (Å²) < 4.78 is 1.20. The quantitative estimate of drug-likeness (QED) is 0.832. The smallest absolute Gasteiger partial charge is 0.0353 e. The third-order valence-electron chi connectivity index (χ3n) is 3.15. The molecule has 0 bridgehead atoms. The van der Waals surface area contributed by atoms with E-state index in [1.54, 1.807) is 0 Å². The summed E-state index contributed by atoms with van der Waals surface area (Å²) in [6.07, 6.45) is 6.82. The van der Waals surface area contributed by atoms with Gasteiger partial charge < -0.3 is 5.32 Å². The average molecular weight is 268 g/mol. The van der Waals surface area contributed by atoms with E-state index in [-0.39, 0.29) is 0 Å². The van der Waals surface area contributed by atoms with Gasteiger partial charge in [0.05, 0.1) is 0 Å². The Kier molecular flexibility index (Phi) is 3.68. The molecule has 0 aromatic heterocycles. The standard InChI is InChI=1S/C13H18BrN/c1-10-7-8-12(9-13(10)14)15-11-5-3-2-4-6-11/h7-9,11,15H,2-6H2,1H3. The van der Waals surface area contributed by atoms with E-state index < -0.39 is 0 Å². The normalized spacial score (nSPS) is 17.7. The van der Waals surface area contributed by atoms with Gasteiger partial charge >= 0.3 is 0 Å². The number of benzene rings is 1. The van der Waals surface area contributed by atoms with Crippen LogP contribution in [0.15, 0.2) is 22.7 Å². The van der Waals surface area contributed by atoms with Gasteiger partial charge in [-0.15, -0.1) is 0 Å². The molecule has 0 heterocycles. The maximum Gasteiger partial charge on any atom is 0.0353 e. The summed E-state index contributed by atoms with van der Waals surface area (Å²) in [5.41, 5.74) is 2.54. The molecule has 15 heavy (non-hydrogen) atoms. The van der Waals surface area contributed by atoms with Gasteiger partial charge in [-0.2, -0.15) is 0 Å². The van der Waals surface area contributed by atoms with E-state index in [0.717, 1.165) is 0 Å². The first-order valence-corrected chi connectivity index (χ1v) is 6.58. The minimum atomic E-state index is 0.688. The second-order valence-electron chi connectivity index (χ2n) is 4.44. The summed E-state index contributed by atoms with van der Waals surface area (Å²) in [5.74, 6) is 0. The van der Waals surface area contributed by atoms with Crippen LogP contribution in [0.3, 0.4) is 0 Å². The molecule has 0 aliphatic heterocycles. The van der Waals surface area contributed by atoms with Crippen LogP contribution in [0.25, 0.3) is 0 Å². The van der Waals surface area contributed by atoms with Gasteiger partial charge in [-0.1, -0.05) is 41.3 Å². The molecule has 1 aliphatic carbocycles. The molecule has 0 atom stereocenters. The van der Waals surface area contributed by atoms with Gasteiger partial charge in [0.2, 0.25) is 0 Å².